The van der Waals surface area contributed by atoms with Crippen molar-refractivity contribution in [1.82, 2.24) is 0 Å². The standard InChI is InChI=1S/C20H19ClO2/c21-16-11-9-15(10-12-16)20(13-14-5-1-2-6-14)18-8-4-3-7-17(18)19(22)23-20/h3-4,7-12,14H,1-2,5-6,13H2/t20-/m0/s1. The lowest BCUT2D eigenvalue weighted by molar-refractivity contribution is 0.000634. The molecule has 1 fully saturated rings. The SMILES string of the molecule is O=C1O[C@@](CC2CCCC2)(c2ccc(Cl)cc2)c2ccccc21. The molecule has 0 bridgehead atoms. The van der Waals surface area contributed by atoms with Gasteiger partial charge >= 0.3 is 5.97 Å². The van der Waals surface area contributed by atoms with Crippen LogP contribution in [0.1, 0.15) is 53.6 Å². The van der Waals surface area contributed by atoms with Gasteiger partial charge in [0.2, 0.25) is 0 Å². The molecule has 0 spiro atoms. The number of halogens is 1. The quantitative estimate of drug-likeness (QED) is 0.712. The van der Waals surface area contributed by atoms with Crippen LogP contribution in [0.5, 0.6) is 0 Å². The van der Waals surface area contributed by atoms with Crippen LogP contribution in [0.25, 0.3) is 0 Å². The molecule has 1 aliphatic carbocycles. The number of benzene rings is 2. The molecule has 1 atom stereocenters. The van der Waals surface area contributed by atoms with Crippen molar-refractivity contribution in [1.29, 1.82) is 0 Å². The Hall–Kier alpha value is -1.80. The van der Waals surface area contributed by atoms with Gasteiger partial charge in [0, 0.05) is 16.1 Å². The fourth-order valence-corrected chi connectivity index (χ4v) is 4.23. The molecule has 0 aromatic heterocycles. The van der Waals surface area contributed by atoms with E-state index < -0.39 is 5.60 Å². The van der Waals surface area contributed by atoms with Crippen LogP contribution in [-0.4, -0.2) is 5.97 Å². The van der Waals surface area contributed by atoms with Gasteiger partial charge in [-0.25, -0.2) is 4.79 Å². The summed E-state index contributed by atoms with van der Waals surface area (Å²) in [5.41, 5.74) is 2.06. The lowest BCUT2D eigenvalue weighted by Crippen LogP contribution is -2.30. The lowest BCUT2D eigenvalue weighted by atomic mass is 9.78. The summed E-state index contributed by atoms with van der Waals surface area (Å²) in [6.45, 7) is 0. The second kappa shape index (κ2) is 5.68. The van der Waals surface area contributed by atoms with Crippen LogP contribution >= 0.6 is 11.6 Å². The molecule has 0 saturated heterocycles. The minimum absolute atomic E-state index is 0.214. The molecule has 2 aromatic carbocycles. The molecular weight excluding hydrogens is 308 g/mol. The van der Waals surface area contributed by atoms with E-state index in [1.54, 1.807) is 0 Å². The molecule has 118 valence electrons. The Bertz CT molecular complexity index is 732. The third kappa shape index (κ3) is 2.46. The van der Waals surface area contributed by atoms with Crippen LogP contribution in [-0.2, 0) is 10.3 Å². The molecule has 3 heteroatoms. The minimum Gasteiger partial charge on any atom is -0.446 e. The largest absolute Gasteiger partial charge is 0.446 e. The van der Waals surface area contributed by atoms with Crippen molar-refractivity contribution < 1.29 is 9.53 Å². The summed E-state index contributed by atoms with van der Waals surface area (Å²) in [6, 6.07) is 15.5. The molecular formula is C20H19ClO2. The molecule has 1 aliphatic heterocycles. The number of carbonyl (C=O) groups excluding carboxylic acids is 1. The molecule has 0 N–H and O–H groups in total. The maximum atomic E-state index is 12.4. The predicted molar refractivity (Wildman–Crippen MR) is 90.7 cm³/mol. The van der Waals surface area contributed by atoms with Crippen LogP contribution in [0, 0.1) is 5.92 Å². The fraction of sp³-hybridized carbons (Fsp3) is 0.350. The lowest BCUT2D eigenvalue weighted by Gasteiger charge is -2.32. The number of fused-ring (bicyclic) bond motifs is 1. The summed E-state index contributed by atoms with van der Waals surface area (Å²) < 4.78 is 6.03. The van der Waals surface area contributed by atoms with E-state index in [2.05, 4.69) is 0 Å². The summed E-state index contributed by atoms with van der Waals surface area (Å²) in [7, 11) is 0. The van der Waals surface area contributed by atoms with Gasteiger partial charge in [-0.15, -0.1) is 0 Å². The topological polar surface area (TPSA) is 26.3 Å². The van der Waals surface area contributed by atoms with Gasteiger partial charge in [0.15, 0.2) is 5.60 Å². The van der Waals surface area contributed by atoms with Gasteiger partial charge in [0.05, 0.1) is 5.56 Å². The molecule has 2 nitrogen and oxygen atoms in total. The zero-order chi connectivity index (χ0) is 15.9. The second-order valence-corrected chi connectivity index (χ2v) is 7.06. The van der Waals surface area contributed by atoms with Crippen molar-refractivity contribution in [3.8, 4) is 0 Å². The van der Waals surface area contributed by atoms with E-state index in [-0.39, 0.29) is 5.97 Å². The Morgan fingerprint density at radius 3 is 2.48 bits per heavy atom. The average Bonchev–Trinajstić information content (AvgIpc) is 3.16. The molecule has 1 saturated carbocycles. The van der Waals surface area contributed by atoms with Crippen LogP contribution in [0.2, 0.25) is 5.02 Å². The molecule has 2 aliphatic rings. The number of hydrogen-bond acceptors (Lipinski definition) is 2. The van der Waals surface area contributed by atoms with E-state index in [1.807, 2.05) is 48.5 Å². The summed E-state index contributed by atoms with van der Waals surface area (Å²) in [5, 5.41) is 0.697. The van der Waals surface area contributed by atoms with E-state index >= 15 is 0 Å². The molecule has 2 aromatic rings. The van der Waals surface area contributed by atoms with Crippen LogP contribution in [0.15, 0.2) is 48.5 Å². The zero-order valence-electron chi connectivity index (χ0n) is 12.9. The maximum Gasteiger partial charge on any atom is 0.339 e. The van der Waals surface area contributed by atoms with Gasteiger partial charge in [-0.3, -0.25) is 0 Å². The van der Waals surface area contributed by atoms with E-state index in [0.29, 0.717) is 16.5 Å². The molecule has 23 heavy (non-hydrogen) atoms. The Labute approximate surface area is 141 Å². The third-order valence-electron chi connectivity index (χ3n) is 5.21. The third-order valence-corrected chi connectivity index (χ3v) is 5.46. The summed E-state index contributed by atoms with van der Waals surface area (Å²) in [5.74, 6) is 0.387. The van der Waals surface area contributed by atoms with Gasteiger partial charge in [-0.1, -0.05) is 67.6 Å². The smallest absolute Gasteiger partial charge is 0.339 e. The van der Waals surface area contributed by atoms with Crippen LogP contribution in [0.3, 0.4) is 0 Å². The Morgan fingerprint density at radius 2 is 1.74 bits per heavy atom. The van der Waals surface area contributed by atoms with E-state index in [4.69, 9.17) is 16.3 Å². The van der Waals surface area contributed by atoms with Crippen molar-refractivity contribution in [2.75, 3.05) is 0 Å². The van der Waals surface area contributed by atoms with Crippen molar-refractivity contribution in [2.45, 2.75) is 37.7 Å². The molecule has 1 heterocycles. The molecule has 0 unspecified atom stereocenters. The first-order valence-electron chi connectivity index (χ1n) is 8.28. The Morgan fingerprint density at radius 1 is 1.04 bits per heavy atom. The Kier molecular flexibility index (Phi) is 3.65. The average molecular weight is 327 g/mol. The van der Waals surface area contributed by atoms with Crippen molar-refractivity contribution in [3.05, 3.63) is 70.2 Å². The summed E-state index contributed by atoms with van der Waals surface area (Å²) in [6.07, 6.45) is 5.84. The number of rotatable bonds is 3. The van der Waals surface area contributed by atoms with Gasteiger partial charge in [0.1, 0.15) is 0 Å². The van der Waals surface area contributed by atoms with Crippen LogP contribution < -0.4 is 0 Å². The van der Waals surface area contributed by atoms with Gasteiger partial charge in [-0.2, -0.15) is 0 Å². The highest BCUT2D eigenvalue weighted by atomic mass is 35.5. The van der Waals surface area contributed by atoms with E-state index in [0.717, 1.165) is 17.5 Å². The minimum atomic E-state index is -0.659. The maximum absolute atomic E-state index is 12.4. The van der Waals surface area contributed by atoms with Crippen molar-refractivity contribution in [3.63, 3.8) is 0 Å². The van der Waals surface area contributed by atoms with Gasteiger partial charge < -0.3 is 4.74 Å². The van der Waals surface area contributed by atoms with E-state index in [9.17, 15) is 4.79 Å². The number of carbonyl (C=O) groups is 1. The van der Waals surface area contributed by atoms with E-state index in [1.165, 1.54) is 25.7 Å². The highest BCUT2D eigenvalue weighted by Gasteiger charge is 2.48. The number of hydrogen-bond donors (Lipinski definition) is 0. The molecule has 0 radical (unpaired) electrons. The first-order chi connectivity index (χ1) is 11.2. The first kappa shape index (κ1) is 14.8. The number of cyclic esters (lactones) is 1. The fourth-order valence-electron chi connectivity index (χ4n) is 4.11. The van der Waals surface area contributed by atoms with Gasteiger partial charge in [-0.05, 0) is 30.5 Å². The summed E-state index contributed by atoms with van der Waals surface area (Å²) >= 11 is 6.06. The molecule has 0 amide bonds. The first-order valence-corrected chi connectivity index (χ1v) is 8.66. The normalized spacial score (nSPS) is 23.8. The highest BCUT2D eigenvalue weighted by Crippen LogP contribution is 2.48. The monoisotopic (exact) mass is 326 g/mol. The number of esters is 1. The van der Waals surface area contributed by atoms with Crippen LogP contribution in [0.4, 0.5) is 0 Å². The summed E-state index contributed by atoms with van der Waals surface area (Å²) in [4.78, 5) is 12.4. The van der Waals surface area contributed by atoms with Crippen molar-refractivity contribution in [2.24, 2.45) is 5.92 Å². The van der Waals surface area contributed by atoms with Gasteiger partial charge in [0.25, 0.3) is 0 Å². The number of ether oxygens (including phenoxy) is 1. The highest BCUT2D eigenvalue weighted by molar-refractivity contribution is 6.30. The predicted octanol–water partition coefficient (Wildman–Crippen LogP) is 5.33. The Balaban J connectivity index is 1.84. The zero-order valence-corrected chi connectivity index (χ0v) is 13.7. The van der Waals surface area contributed by atoms with Crippen molar-refractivity contribution >= 4 is 17.6 Å². The second-order valence-electron chi connectivity index (χ2n) is 6.62. The molecule has 4 rings (SSSR count).